The third-order valence-corrected chi connectivity index (χ3v) is 4.00. The number of benzene rings is 1. The molecule has 104 valence electrons. The molecule has 1 aromatic carbocycles. The van der Waals surface area contributed by atoms with Gasteiger partial charge in [-0.15, -0.1) is 11.3 Å². The lowest BCUT2D eigenvalue weighted by Gasteiger charge is -2.15. The Morgan fingerprint density at radius 3 is 2.95 bits per heavy atom. The van der Waals surface area contributed by atoms with Gasteiger partial charge in [0, 0.05) is 33.3 Å². The smallest absolute Gasteiger partial charge is 0.108 e. The van der Waals surface area contributed by atoms with Crippen LogP contribution in [-0.4, -0.2) is 50.3 Å². The maximum Gasteiger partial charge on any atom is 0.108 e. The summed E-state index contributed by atoms with van der Waals surface area (Å²) in [6.45, 7) is 4.59. The van der Waals surface area contributed by atoms with Crippen molar-refractivity contribution in [3.05, 3.63) is 29.3 Å². The molecule has 0 unspecified atom stereocenters. The van der Waals surface area contributed by atoms with Crippen molar-refractivity contribution in [2.45, 2.75) is 6.54 Å². The van der Waals surface area contributed by atoms with Gasteiger partial charge in [-0.2, -0.15) is 0 Å². The van der Waals surface area contributed by atoms with Gasteiger partial charge in [-0.3, -0.25) is 0 Å². The van der Waals surface area contributed by atoms with E-state index in [-0.39, 0.29) is 0 Å². The van der Waals surface area contributed by atoms with Crippen molar-refractivity contribution in [1.82, 2.24) is 15.2 Å². The second kappa shape index (κ2) is 7.55. The second-order valence-electron chi connectivity index (χ2n) is 4.55. The standard InChI is InChI=1S/C14H21N3OS/c1-17(9-10-18-2)8-7-15-11-14-16-12-5-3-4-6-13(12)19-14/h3-6,15H,7-11H2,1-2H3. The number of thiazole rings is 1. The molecule has 4 nitrogen and oxygen atoms in total. The third kappa shape index (κ3) is 4.54. The molecule has 0 spiro atoms. The molecule has 19 heavy (non-hydrogen) atoms. The lowest BCUT2D eigenvalue weighted by molar-refractivity contribution is 0.161. The van der Waals surface area contributed by atoms with E-state index < -0.39 is 0 Å². The molecule has 1 heterocycles. The summed E-state index contributed by atoms with van der Waals surface area (Å²) >= 11 is 1.76. The minimum Gasteiger partial charge on any atom is -0.383 e. The number of hydrogen-bond donors (Lipinski definition) is 1. The van der Waals surface area contributed by atoms with Crippen molar-refractivity contribution in [1.29, 1.82) is 0 Å². The van der Waals surface area contributed by atoms with Gasteiger partial charge in [-0.05, 0) is 19.2 Å². The van der Waals surface area contributed by atoms with Crippen molar-refractivity contribution in [2.75, 3.05) is 40.4 Å². The van der Waals surface area contributed by atoms with Crippen LogP contribution in [0.5, 0.6) is 0 Å². The van der Waals surface area contributed by atoms with Crippen LogP contribution in [0.3, 0.4) is 0 Å². The van der Waals surface area contributed by atoms with E-state index in [4.69, 9.17) is 4.74 Å². The molecule has 0 saturated heterocycles. The zero-order valence-corrected chi connectivity index (χ0v) is 12.4. The van der Waals surface area contributed by atoms with Crippen molar-refractivity contribution in [3.63, 3.8) is 0 Å². The fraction of sp³-hybridized carbons (Fsp3) is 0.500. The Morgan fingerprint density at radius 2 is 2.16 bits per heavy atom. The van der Waals surface area contributed by atoms with Gasteiger partial charge in [0.15, 0.2) is 0 Å². The Labute approximate surface area is 118 Å². The van der Waals surface area contributed by atoms with Crippen molar-refractivity contribution in [2.24, 2.45) is 0 Å². The van der Waals surface area contributed by atoms with Crippen LogP contribution in [-0.2, 0) is 11.3 Å². The van der Waals surface area contributed by atoms with Crippen LogP contribution in [0.4, 0.5) is 0 Å². The highest BCUT2D eigenvalue weighted by Gasteiger charge is 2.02. The highest BCUT2D eigenvalue weighted by molar-refractivity contribution is 7.18. The molecular formula is C14H21N3OS. The van der Waals surface area contributed by atoms with Gasteiger partial charge in [0.25, 0.3) is 0 Å². The highest BCUT2D eigenvalue weighted by Crippen LogP contribution is 2.20. The van der Waals surface area contributed by atoms with Crippen molar-refractivity contribution >= 4 is 21.6 Å². The van der Waals surface area contributed by atoms with Gasteiger partial charge in [-0.25, -0.2) is 4.98 Å². The molecule has 0 bridgehead atoms. The van der Waals surface area contributed by atoms with E-state index in [0.29, 0.717) is 0 Å². The Hall–Kier alpha value is -1.01. The molecule has 1 N–H and O–H groups in total. The van der Waals surface area contributed by atoms with Gasteiger partial charge in [0.1, 0.15) is 5.01 Å². The van der Waals surface area contributed by atoms with E-state index in [1.807, 2.05) is 6.07 Å². The van der Waals surface area contributed by atoms with Crippen LogP contribution in [0, 0.1) is 0 Å². The molecule has 2 rings (SSSR count). The second-order valence-corrected chi connectivity index (χ2v) is 5.66. The zero-order valence-electron chi connectivity index (χ0n) is 11.6. The Kier molecular flexibility index (Phi) is 5.72. The predicted octanol–water partition coefficient (Wildman–Crippen LogP) is 1.96. The number of ether oxygens (including phenoxy) is 1. The molecule has 0 atom stereocenters. The SMILES string of the molecule is COCCN(C)CCNCc1nc2ccccc2s1. The molecule has 0 aliphatic carbocycles. The van der Waals surface area contributed by atoms with Gasteiger partial charge < -0.3 is 15.0 Å². The Balaban J connectivity index is 1.70. The van der Waals surface area contributed by atoms with Gasteiger partial charge >= 0.3 is 0 Å². The summed E-state index contributed by atoms with van der Waals surface area (Å²) in [6.07, 6.45) is 0. The van der Waals surface area contributed by atoms with Crippen molar-refractivity contribution < 1.29 is 4.74 Å². The first-order valence-electron chi connectivity index (χ1n) is 6.52. The zero-order chi connectivity index (χ0) is 13.5. The Bertz CT molecular complexity index is 467. The number of fused-ring (bicyclic) bond motifs is 1. The lowest BCUT2D eigenvalue weighted by Crippen LogP contribution is -2.31. The third-order valence-electron chi connectivity index (χ3n) is 2.96. The first-order valence-corrected chi connectivity index (χ1v) is 7.34. The number of aromatic nitrogens is 1. The number of nitrogens with zero attached hydrogens (tertiary/aromatic N) is 2. The molecule has 0 amide bonds. The van der Waals surface area contributed by atoms with Crippen molar-refractivity contribution in [3.8, 4) is 0 Å². The fourth-order valence-electron chi connectivity index (χ4n) is 1.82. The predicted molar refractivity (Wildman–Crippen MR) is 80.7 cm³/mol. The normalized spacial score (nSPS) is 11.5. The maximum absolute atomic E-state index is 5.05. The van der Waals surface area contributed by atoms with E-state index in [2.05, 4.69) is 40.4 Å². The van der Waals surface area contributed by atoms with Crippen LogP contribution >= 0.6 is 11.3 Å². The molecule has 0 radical (unpaired) electrons. The molecule has 5 heteroatoms. The van der Waals surface area contributed by atoms with Crippen LogP contribution in [0.15, 0.2) is 24.3 Å². The van der Waals surface area contributed by atoms with Crippen LogP contribution in [0.25, 0.3) is 10.2 Å². The molecule has 0 aliphatic rings. The number of likely N-dealkylation sites (N-methyl/N-ethyl adjacent to an activating group) is 1. The number of nitrogens with one attached hydrogen (secondary N) is 1. The molecule has 1 aromatic heterocycles. The summed E-state index contributed by atoms with van der Waals surface area (Å²) < 4.78 is 6.31. The average Bonchev–Trinajstić information content (AvgIpc) is 2.84. The molecule has 0 saturated carbocycles. The highest BCUT2D eigenvalue weighted by atomic mass is 32.1. The van der Waals surface area contributed by atoms with Gasteiger partial charge in [0.05, 0.1) is 16.8 Å². The van der Waals surface area contributed by atoms with E-state index in [0.717, 1.165) is 43.3 Å². The summed E-state index contributed by atoms with van der Waals surface area (Å²) in [7, 11) is 3.84. The number of rotatable bonds is 8. The number of methoxy groups -OCH3 is 1. The first-order chi connectivity index (χ1) is 9.29. The molecule has 2 aromatic rings. The monoisotopic (exact) mass is 279 g/mol. The van der Waals surface area contributed by atoms with Gasteiger partial charge in [0.2, 0.25) is 0 Å². The van der Waals surface area contributed by atoms with Crippen LogP contribution in [0.2, 0.25) is 0 Å². The quantitative estimate of drug-likeness (QED) is 0.750. The summed E-state index contributed by atoms with van der Waals surface area (Å²) in [6, 6.07) is 8.27. The van der Waals surface area contributed by atoms with Crippen LogP contribution in [0.1, 0.15) is 5.01 Å². The average molecular weight is 279 g/mol. The van der Waals surface area contributed by atoms with E-state index in [1.165, 1.54) is 4.70 Å². The van der Waals surface area contributed by atoms with Gasteiger partial charge in [-0.1, -0.05) is 12.1 Å². The molecule has 0 aliphatic heterocycles. The molecule has 0 fully saturated rings. The maximum atomic E-state index is 5.05. The van der Waals surface area contributed by atoms with E-state index in [1.54, 1.807) is 18.4 Å². The summed E-state index contributed by atoms with van der Waals surface area (Å²) in [5.74, 6) is 0. The summed E-state index contributed by atoms with van der Waals surface area (Å²) in [5, 5.41) is 4.59. The number of para-hydroxylation sites is 1. The largest absolute Gasteiger partial charge is 0.383 e. The fourth-order valence-corrected chi connectivity index (χ4v) is 2.76. The van der Waals surface area contributed by atoms with Crippen LogP contribution < -0.4 is 5.32 Å². The van der Waals surface area contributed by atoms with E-state index >= 15 is 0 Å². The molecular weight excluding hydrogens is 258 g/mol. The minimum absolute atomic E-state index is 0.786. The first kappa shape index (κ1) is 14.4. The Morgan fingerprint density at radius 1 is 1.32 bits per heavy atom. The topological polar surface area (TPSA) is 37.4 Å². The lowest BCUT2D eigenvalue weighted by atomic mass is 10.3. The minimum atomic E-state index is 0.786. The number of hydrogen-bond acceptors (Lipinski definition) is 5. The summed E-state index contributed by atoms with van der Waals surface area (Å²) in [4.78, 5) is 6.86. The summed E-state index contributed by atoms with van der Waals surface area (Å²) in [5.41, 5.74) is 1.10. The van der Waals surface area contributed by atoms with E-state index in [9.17, 15) is 0 Å².